The number of hydrogen-bond acceptors (Lipinski definition) is 39. The van der Waals surface area contributed by atoms with Crippen LogP contribution in [-0.4, -0.2) is 324 Å². The molecule has 17 N–H and O–H groups in total. The molecule has 41 heteroatoms. The molecule has 6 fully saturated rings. The lowest BCUT2D eigenvalue weighted by Gasteiger charge is -2.49. The van der Waals surface area contributed by atoms with Crippen LogP contribution >= 0.6 is 15.6 Å². The SMILES string of the molecule is CC=NOCO[C@@H]1OC(CO[C@H]2OC(CO[C@H]3OC(CO)[C@@H](O)C(O)[C@H]3O[C@H]3OC(COP(=O)([O-])[O-])[C@@H](O)[C@H](O)C3O)[C@@H](O)C(O)[C@H]2O)[C@@H](O)[C@H](O[C@H]2OC(CO)[C@@H](O)C(O)[C@H]2O[C@H]2OC(COP(=O)([O-])[O-])[C@@H](O)C(O)[C@H]2O)C1O. The van der Waals surface area contributed by atoms with Gasteiger partial charge < -0.3 is 186 Å². The molecule has 6 aliphatic rings. The number of ether oxygens (including phenoxy) is 12. The van der Waals surface area contributed by atoms with E-state index in [4.69, 9.17) is 61.7 Å². The largest absolute Gasteiger partial charge is 0.790 e. The van der Waals surface area contributed by atoms with Crippen LogP contribution in [0.3, 0.4) is 0 Å². The number of oxime groups is 1. The molecule has 0 saturated carbocycles. The number of phosphoric acid groups is 2. The van der Waals surface area contributed by atoms with Gasteiger partial charge in [0.2, 0.25) is 6.79 Å². The van der Waals surface area contributed by atoms with E-state index in [0.29, 0.717) is 0 Å². The van der Waals surface area contributed by atoms with E-state index in [1.54, 1.807) is 0 Å². The summed E-state index contributed by atoms with van der Waals surface area (Å²) in [4.78, 5) is 49.4. The van der Waals surface area contributed by atoms with Crippen molar-refractivity contribution in [3.8, 4) is 0 Å². The maximum Gasteiger partial charge on any atom is 0.219 e. The zero-order chi connectivity index (χ0) is 59.3. The summed E-state index contributed by atoms with van der Waals surface area (Å²) in [6.45, 7) is -5.70. The molecule has 6 heterocycles. The molecule has 0 radical (unpaired) electrons. The van der Waals surface area contributed by atoms with Gasteiger partial charge in [0.05, 0.1) is 55.3 Å². The van der Waals surface area contributed by atoms with Crippen molar-refractivity contribution >= 4 is 21.9 Å². The van der Waals surface area contributed by atoms with Gasteiger partial charge >= 0.3 is 0 Å². The summed E-state index contributed by atoms with van der Waals surface area (Å²) in [5.74, 6) is 0. The minimum atomic E-state index is -5.71. The molecule has 468 valence electrons. The van der Waals surface area contributed by atoms with E-state index in [9.17, 15) is 116 Å². The predicted molar refractivity (Wildman–Crippen MR) is 231 cm³/mol. The zero-order valence-corrected chi connectivity index (χ0v) is 43.2. The van der Waals surface area contributed by atoms with Gasteiger partial charge in [-0.2, -0.15) is 0 Å². The van der Waals surface area contributed by atoms with Gasteiger partial charge in [-0.3, -0.25) is 0 Å². The molecule has 39 nitrogen and oxygen atoms in total. The summed E-state index contributed by atoms with van der Waals surface area (Å²) >= 11 is 0. The molecule has 80 heavy (non-hydrogen) atoms. The first-order valence-corrected chi connectivity index (χ1v) is 27.0. The van der Waals surface area contributed by atoms with E-state index < -0.39 is 246 Å². The molecule has 0 bridgehead atoms. The Labute approximate surface area is 450 Å². The Balaban J connectivity index is 1.18. The molecule has 0 spiro atoms. The fraction of sp³-hybridized carbons (Fsp3) is 0.974. The lowest BCUT2D eigenvalue weighted by atomic mass is 9.96. The second kappa shape index (κ2) is 29.3. The van der Waals surface area contributed by atoms with E-state index in [0.717, 1.165) is 0 Å². The first kappa shape index (κ1) is 67.7. The molecule has 0 amide bonds. The van der Waals surface area contributed by atoms with E-state index in [1.165, 1.54) is 13.1 Å². The molecule has 6 saturated heterocycles. The first-order valence-electron chi connectivity index (χ1n) is 24.1. The summed E-state index contributed by atoms with van der Waals surface area (Å²) in [5.41, 5.74) is 0. The average molecular weight is 1220 g/mol. The molecule has 0 aromatic heterocycles. The van der Waals surface area contributed by atoms with Crippen molar-refractivity contribution in [2.45, 2.75) is 191 Å². The van der Waals surface area contributed by atoms with Crippen LogP contribution in [0.25, 0.3) is 0 Å². The quantitative estimate of drug-likeness (QED) is 0.0140. The minimum absolute atomic E-state index is 0.776. The molecule has 0 aliphatic carbocycles. The van der Waals surface area contributed by atoms with E-state index in [2.05, 4.69) is 14.2 Å². The lowest BCUT2D eigenvalue weighted by molar-refractivity contribution is -0.394. The Morgan fingerprint density at radius 1 is 0.388 bits per heavy atom. The number of phosphoric ester groups is 2. The van der Waals surface area contributed by atoms with Gasteiger partial charge in [0, 0.05) is 6.21 Å². The number of hydrogen-bond donors (Lipinski definition) is 17. The van der Waals surface area contributed by atoms with Crippen LogP contribution in [0.2, 0.25) is 0 Å². The normalized spacial score (nSPS) is 47.1. The van der Waals surface area contributed by atoms with Crippen molar-refractivity contribution < 1.29 is 186 Å². The van der Waals surface area contributed by atoms with Crippen LogP contribution in [0.4, 0.5) is 0 Å². The Morgan fingerprint density at radius 3 is 1.16 bits per heavy atom. The number of nitrogens with zero attached hydrogens (tertiary/aromatic N) is 1. The fourth-order valence-corrected chi connectivity index (χ4v) is 9.54. The monoisotopic (exact) mass is 1220 g/mol. The molecule has 6 rings (SSSR count). The van der Waals surface area contributed by atoms with Crippen molar-refractivity contribution in [3.63, 3.8) is 0 Å². The highest BCUT2D eigenvalue weighted by molar-refractivity contribution is 7.43. The van der Waals surface area contributed by atoms with Gasteiger partial charge in [0.25, 0.3) is 0 Å². The van der Waals surface area contributed by atoms with Gasteiger partial charge in [0.1, 0.15) is 146 Å². The van der Waals surface area contributed by atoms with Crippen LogP contribution in [0, 0.1) is 0 Å². The second-order valence-electron chi connectivity index (χ2n) is 18.7. The van der Waals surface area contributed by atoms with E-state index in [1.807, 2.05) is 0 Å². The molecule has 0 aromatic rings. The third-order valence-electron chi connectivity index (χ3n) is 13.3. The fourth-order valence-electron chi connectivity index (χ4n) is 8.89. The third-order valence-corrected chi connectivity index (χ3v) is 14.2. The van der Waals surface area contributed by atoms with Crippen molar-refractivity contribution in [1.29, 1.82) is 0 Å². The summed E-state index contributed by atoms with van der Waals surface area (Å²) in [7, 11) is -11.4. The summed E-state index contributed by atoms with van der Waals surface area (Å²) in [6.07, 6.45) is -60.6. The highest BCUT2D eigenvalue weighted by Crippen LogP contribution is 2.37. The highest BCUT2D eigenvalue weighted by Gasteiger charge is 2.56. The second-order valence-corrected chi connectivity index (χ2v) is 21.0. The van der Waals surface area contributed by atoms with Crippen molar-refractivity contribution in [3.05, 3.63) is 0 Å². The maximum absolute atomic E-state index is 11.7. The topological polar surface area (TPSA) is 621 Å². The summed E-state index contributed by atoms with van der Waals surface area (Å²) in [6, 6.07) is 0. The van der Waals surface area contributed by atoms with E-state index >= 15 is 0 Å². The molecule has 30 atom stereocenters. The zero-order valence-electron chi connectivity index (χ0n) is 41.4. The van der Waals surface area contributed by atoms with Gasteiger partial charge in [0.15, 0.2) is 37.7 Å². The smallest absolute Gasteiger partial charge is 0.219 e. The Kier molecular flexibility index (Phi) is 24.8. The average Bonchev–Trinajstić information content (AvgIpc) is 3.40. The maximum atomic E-state index is 11.7. The third kappa shape index (κ3) is 16.5. The minimum Gasteiger partial charge on any atom is -0.790 e. The molecule has 6 aliphatic heterocycles. The van der Waals surface area contributed by atoms with Gasteiger partial charge in [-0.05, 0) is 6.92 Å². The Morgan fingerprint density at radius 2 is 0.725 bits per heavy atom. The van der Waals surface area contributed by atoms with E-state index in [-0.39, 0.29) is 0 Å². The summed E-state index contributed by atoms with van der Waals surface area (Å²) in [5, 5.41) is 186. The number of aliphatic hydroxyl groups excluding tert-OH is 17. The van der Waals surface area contributed by atoms with Gasteiger partial charge in [-0.1, -0.05) is 5.16 Å². The van der Waals surface area contributed by atoms with Crippen molar-refractivity contribution in [1.82, 2.24) is 0 Å². The predicted octanol–water partition coefficient (Wildman–Crippen LogP) is -15.4. The molecular weight excluding hydrogens is 1150 g/mol. The van der Waals surface area contributed by atoms with Crippen LogP contribution in [0.1, 0.15) is 6.92 Å². The number of aliphatic hydroxyl groups is 17. The molecular formula is C39H65NO38P2-4. The molecule has 12 unspecified atom stereocenters. The Bertz CT molecular complexity index is 2020. The van der Waals surface area contributed by atoms with Gasteiger partial charge in [-0.25, -0.2) is 0 Å². The summed E-state index contributed by atoms with van der Waals surface area (Å²) < 4.78 is 97.6. The highest BCUT2D eigenvalue weighted by atomic mass is 31.2. The first-order chi connectivity index (χ1) is 37.5. The molecule has 0 aromatic carbocycles. The lowest BCUT2D eigenvalue weighted by Crippen LogP contribution is -2.67. The standard InChI is InChI=1S/C39H69NO38P2/c1-2-40-67-9-66-35-30(57)31(76-39-33(26(53)17(44)11(4-42)71-39)78-37-29(56)24(51)20(47)15(75-37)8-69-80(61,62)63)21(48)13(73-35)6-64-34-27(54)22(49)18(45)12(72-34)5-65-38-32(25(52)16(43)10(3-41)70-38)77-36-28(55)23(50)19(46)14(74-36)7-68-79(58,59)60/h2,10-39,41-57H,3-9H2,1H3,(H2,58,59,60)(H2,61,62,63)/p-4/t10?,11?,12?,13?,14?,15?,16-,17-,18-,19-,20-,21-,22?,23+,24?,25?,26?,27-,28?,29-,30?,31+,32-,33-,34+,35-,36-,37-,38+,39-/m1/s1. The Hall–Kier alpha value is -1.47. The van der Waals surface area contributed by atoms with Crippen LogP contribution in [0.15, 0.2) is 5.16 Å². The van der Waals surface area contributed by atoms with Crippen LogP contribution < -0.4 is 19.6 Å². The number of rotatable bonds is 24. The van der Waals surface area contributed by atoms with Crippen LogP contribution in [0.5, 0.6) is 0 Å². The van der Waals surface area contributed by atoms with Gasteiger partial charge in [-0.15, -0.1) is 0 Å². The van der Waals surface area contributed by atoms with Crippen molar-refractivity contribution in [2.75, 3.05) is 46.4 Å². The van der Waals surface area contributed by atoms with Crippen LogP contribution in [-0.2, 0) is 79.9 Å². The van der Waals surface area contributed by atoms with Crippen molar-refractivity contribution in [2.24, 2.45) is 5.16 Å².